The standard InChI is InChI=1S/C30H32IN7O4/c1-17(2)15-42-30(41)36-22-5-4-19(11-20(22)13-31)25(39)14-34-23-6-7-33-29(40)26(23)28-35-24-12-21(38-9-8-32-16-38)10-18(3)27(24)37-28/h4-12,16-17,25,39H,13-15H2,1-3H3,(H,35,37)(H,36,41)(H2,33,34,40). The van der Waals surface area contributed by atoms with Crippen molar-refractivity contribution in [1.29, 1.82) is 0 Å². The van der Waals surface area contributed by atoms with Crippen LogP contribution in [0.15, 0.2) is 66.1 Å². The van der Waals surface area contributed by atoms with Gasteiger partial charge in [-0.25, -0.2) is 14.8 Å². The maximum atomic E-state index is 13.0. The minimum Gasteiger partial charge on any atom is -0.449 e. The van der Waals surface area contributed by atoms with E-state index in [1.807, 2.05) is 49.7 Å². The highest BCUT2D eigenvalue weighted by atomic mass is 127. The second kappa shape index (κ2) is 12.8. The minimum absolute atomic E-state index is 0.143. The topological polar surface area (TPSA) is 150 Å². The molecule has 218 valence electrons. The first-order valence-corrected chi connectivity index (χ1v) is 15.0. The van der Waals surface area contributed by atoms with Gasteiger partial charge in [-0.2, -0.15) is 0 Å². The van der Waals surface area contributed by atoms with Crippen molar-refractivity contribution >= 4 is 51.1 Å². The van der Waals surface area contributed by atoms with E-state index in [2.05, 4.69) is 48.2 Å². The molecule has 5 rings (SSSR count). The summed E-state index contributed by atoms with van der Waals surface area (Å²) in [6.07, 6.45) is 5.47. The maximum absolute atomic E-state index is 13.0. The summed E-state index contributed by atoms with van der Waals surface area (Å²) >= 11 is 2.21. The van der Waals surface area contributed by atoms with Crippen LogP contribution in [0.4, 0.5) is 16.2 Å². The van der Waals surface area contributed by atoms with Crippen molar-refractivity contribution in [3.8, 4) is 17.1 Å². The molecule has 0 spiro atoms. The molecule has 0 radical (unpaired) electrons. The summed E-state index contributed by atoms with van der Waals surface area (Å²) in [5, 5.41) is 17.0. The molecule has 0 aliphatic heterocycles. The largest absolute Gasteiger partial charge is 0.449 e. The third-order valence-electron chi connectivity index (χ3n) is 6.69. The Hall–Kier alpha value is -4.17. The highest BCUT2D eigenvalue weighted by molar-refractivity contribution is 14.1. The normalized spacial score (nSPS) is 12.0. The molecule has 1 atom stereocenters. The quantitative estimate of drug-likeness (QED) is 0.0938. The highest BCUT2D eigenvalue weighted by Crippen LogP contribution is 2.29. The van der Waals surface area contributed by atoms with Crippen LogP contribution in [-0.4, -0.2) is 48.9 Å². The zero-order chi connectivity index (χ0) is 29.8. The van der Waals surface area contributed by atoms with Crippen molar-refractivity contribution in [1.82, 2.24) is 24.5 Å². The number of hydrogen-bond donors (Lipinski definition) is 5. The Morgan fingerprint density at radius 1 is 1.19 bits per heavy atom. The number of nitrogens with zero attached hydrogens (tertiary/aromatic N) is 3. The number of benzene rings is 2. The number of nitrogens with one attached hydrogen (secondary N) is 4. The molecular formula is C30H32IN7O4. The fraction of sp³-hybridized carbons (Fsp3) is 0.267. The average molecular weight is 682 g/mol. The van der Waals surface area contributed by atoms with E-state index in [-0.39, 0.29) is 18.0 Å². The Morgan fingerprint density at radius 3 is 2.76 bits per heavy atom. The number of rotatable bonds is 10. The molecular weight excluding hydrogens is 649 g/mol. The number of amides is 1. The predicted octanol–water partition coefficient (Wildman–Crippen LogP) is 5.70. The molecule has 0 fully saturated rings. The number of halogens is 1. The Bertz CT molecular complexity index is 1760. The van der Waals surface area contributed by atoms with Crippen LogP contribution in [0.25, 0.3) is 28.1 Å². The van der Waals surface area contributed by atoms with Crippen molar-refractivity contribution in [2.45, 2.75) is 31.3 Å². The van der Waals surface area contributed by atoms with Crippen LogP contribution in [0.3, 0.4) is 0 Å². The number of aromatic amines is 2. The molecule has 2 aromatic carbocycles. The number of aryl methyl sites for hydroxylation is 1. The van der Waals surface area contributed by atoms with Gasteiger partial charge in [-0.3, -0.25) is 10.1 Å². The molecule has 5 N–H and O–H groups in total. The van der Waals surface area contributed by atoms with E-state index in [1.54, 1.807) is 36.9 Å². The first-order valence-electron chi connectivity index (χ1n) is 13.5. The van der Waals surface area contributed by atoms with Crippen LogP contribution in [0, 0.1) is 12.8 Å². The predicted molar refractivity (Wildman–Crippen MR) is 171 cm³/mol. The molecule has 0 bridgehead atoms. The maximum Gasteiger partial charge on any atom is 0.411 e. The van der Waals surface area contributed by atoms with E-state index in [4.69, 9.17) is 9.72 Å². The van der Waals surface area contributed by atoms with Gasteiger partial charge in [0.1, 0.15) is 11.4 Å². The Balaban J connectivity index is 1.35. The van der Waals surface area contributed by atoms with Gasteiger partial charge in [0.2, 0.25) is 0 Å². The van der Waals surface area contributed by atoms with Crippen LogP contribution in [0.5, 0.6) is 0 Å². The summed E-state index contributed by atoms with van der Waals surface area (Å²) < 4.78 is 7.75. The van der Waals surface area contributed by atoms with Gasteiger partial charge in [0.05, 0.1) is 35.8 Å². The summed E-state index contributed by atoms with van der Waals surface area (Å²) in [5.74, 6) is 0.656. The Morgan fingerprint density at radius 2 is 2.02 bits per heavy atom. The third kappa shape index (κ3) is 6.49. The van der Waals surface area contributed by atoms with Gasteiger partial charge in [-0.05, 0) is 53.8 Å². The molecule has 11 nitrogen and oxygen atoms in total. The molecule has 0 aliphatic carbocycles. The van der Waals surface area contributed by atoms with E-state index in [9.17, 15) is 14.7 Å². The lowest BCUT2D eigenvalue weighted by molar-refractivity contribution is 0.147. The number of aromatic nitrogens is 5. The van der Waals surface area contributed by atoms with Crippen molar-refractivity contribution in [2.75, 3.05) is 23.8 Å². The van der Waals surface area contributed by atoms with E-state index in [0.29, 0.717) is 39.4 Å². The van der Waals surface area contributed by atoms with Crippen LogP contribution >= 0.6 is 22.6 Å². The number of H-pyrrole nitrogens is 2. The Kier molecular flexibility index (Phi) is 8.92. The number of aliphatic hydroxyl groups excluding tert-OH is 1. The number of fused-ring (bicyclic) bond motifs is 1. The van der Waals surface area contributed by atoms with Crippen LogP contribution in [-0.2, 0) is 9.16 Å². The second-order valence-electron chi connectivity index (χ2n) is 10.4. The van der Waals surface area contributed by atoms with E-state index < -0.39 is 12.2 Å². The molecule has 1 unspecified atom stereocenters. The molecule has 0 saturated heterocycles. The van der Waals surface area contributed by atoms with Gasteiger partial charge >= 0.3 is 6.09 Å². The van der Waals surface area contributed by atoms with Crippen LogP contribution < -0.4 is 16.2 Å². The molecule has 3 heterocycles. The fourth-order valence-corrected chi connectivity index (χ4v) is 5.21. The molecule has 3 aromatic heterocycles. The molecule has 12 heteroatoms. The zero-order valence-corrected chi connectivity index (χ0v) is 25.6. The number of aliphatic hydroxyl groups is 1. The monoisotopic (exact) mass is 681 g/mol. The van der Waals surface area contributed by atoms with Gasteiger partial charge in [-0.15, -0.1) is 0 Å². The molecule has 1 amide bonds. The number of carbonyl (C=O) groups excluding carboxylic acids is 1. The van der Waals surface area contributed by atoms with Gasteiger partial charge in [0.15, 0.2) is 0 Å². The number of alkyl halides is 1. The van der Waals surface area contributed by atoms with E-state index in [1.165, 1.54) is 0 Å². The second-order valence-corrected chi connectivity index (χ2v) is 11.1. The first-order chi connectivity index (χ1) is 20.2. The first kappa shape index (κ1) is 29.3. The number of carbonyl (C=O) groups is 1. The summed E-state index contributed by atoms with van der Waals surface area (Å²) in [7, 11) is 0. The van der Waals surface area contributed by atoms with Gasteiger partial charge < -0.3 is 29.7 Å². The van der Waals surface area contributed by atoms with Crippen molar-refractivity contribution in [2.24, 2.45) is 5.92 Å². The average Bonchev–Trinajstić information content (AvgIpc) is 3.66. The van der Waals surface area contributed by atoms with Gasteiger partial charge in [0, 0.05) is 40.9 Å². The molecule has 5 aromatic rings. The van der Waals surface area contributed by atoms with Crippen molar-refractivity contribution in [3.63, 3.8) is 0 Å². The van der Waals surface area contributed by atoms with Crippen molar-refractivity contribution in [3.05, 3.63) is 88.4 Å². The molecule has 42 heavy (non-hydrogen) atoms. The van der Waals surface area contributed by atoms with Crippen LogP contribution in [0.2, 0.25) is 0 Å². The van der Waals surface area contributed by atoms with E-state index in [0.717, 1.165) is 27.8 Å². The lowest BCUT2D eigenvalue weighted by Crippen LogP contribution is -2.18. The van der Waals surface area contributed by atoms with Crippen LogP contribution in [0.1, 0.15) is 36.6 Å². The summed E-state index contributed by atoms with van der Waals surface area (Å²) in [6, 6.07) is 11.1. The smallest absolute Gasteiger partial charge is 0.411 e. The molecule has 0 aliphatic rings. The number of imidazole rings is 2. The minimum atomic E-state index is -0.878. The SMILES string of the molecule is Cc1cc(-n2ccnc2)cc2[nH]c(-c3c(NCC(O)c4ccc(NC(=O)OCC(C)C)c(CI)c4)cc[nH]c3=O)nc12. The van der Waals surface area contributed by atoms with Crippen molar-refractivity contribution < 1.29 is 14.6 Å². The summed E-state index contributed by atoms with van der Waals surface area (Å²) in [6.45, 7) is 6.39. The van der Waals surface area contributed by atoms with E-state index >= 15 is 0 Å². The van der Waals surface area contributed by atoms with Gasteiger partial charge in [-0.1, -0.05) is 48.6 Å². The number of pyridine rings is 1. The zero-order valence-electron chi connectivity index (χ0n) is 23.4. The number of ether oxygens (including phenoxy) is 1. The third-order valence-corrected chi connectivity index (χ3v) is 7.51. The number of hydrogen-bond acceptors (Lipinski definition) is 7. The number of anilines is 2. The lowest BCUT2D eigenvalue weighted by Gasteiger charge is -2.17. The van der Waals surface area contributed by atoms with Gasteiger partial charge in [0.25, 0.3) is 5.56 Å². The lowest BCUT2D eigenvalue weighted by atomic mass is 10.0. The highest BCUT2D eigenvalue weighted by Gasteiger charge is 2.18. The summed E-state index contributed by atoms with van der Waals surface area (Å²) in [5.41, 5.74) is 6.16. The summed E-state index contributed by atoms with van der Waals surface area (Å²) in [4.78, 5) is 40.0. The fourth-order valence-electron chi connectivity index (χ4n) is 4.58. The molecule has 0 saturated carbocycles. The Labute approximate surface area is 255 Å².